The fraction of sp³-hybridized carbons (Fsp3) is 0.133. The molecule has 2 rings (SSSR count). The molecule has 8 nitrogen and oxygen atoms in total. The molecule has 0 aliphatic carbocycles. The van der Waals surface area contributed by atoms with E-state index in [0.29, 0.717) is 0 Å². The second-order valence-electron chi connectivity index (χ2n) is 5.31. The number of anilines is 2. The van der Waals surface area contributed by atoms with Crippen LogP contribution in [0.25, 0.3) is 0 Å². The van der Waals surface area contributed by atoms with Gasteiger partial charge < -0.3 is 5.32 Å². The minimum absolute atomic E-state index is 0.0528. The van der Waals surface area contributed by atoms with Crippen LogP contribution >= 0.6 is 11.6 Å². The Labute approximate surface area is 153 Å². The standard InChI is InChI=1S/C15H13ClFN3O5S/c1-8-5-10(20(22)23)3-4-13(8)19-26(24,25)15-6-11(16)14(7-12(15)17)18-9(2)21/h3-7,19H,1-2H3,(H,18,21). The first-order chi connectivity index (χ1) is 12.0. The first kappa shape index (κ1) is 19.6. The molecule has 2 aromatic carbocycles. The number of carbonyl (C=O) groups is 1. The van der Waals surface area contributed by atoms with Gasteiger partial charge in [0.05, 0.1) is 21.3 Å². The molecule has 0 aromatic heterocycles. The Bertz CT molecular complexity index is 1010. The summed E-state index contributed by atoms with van der Waals surface area (Å²) in [7, 11) is -4.36. The van der Waals surface area contributed by atoms with E-state index in [1.54, 1.807) is 0 Å². The van der Waals surface area contributed by atoms with E-state index < -0.39 is 31.6 Å². The van der Waals surface area contributed by atoms with Crippen LogP contribution in [0.3, 0.4) is 0 Å². The van der Waals surface area contributed by atoms with E-state index in [-0.39, 0.29) is 27.6 Å². The molecule has 138 valence electrons. The Morgan fingerprint density at radius 2 is 1.88 bits per heavy atom. The van der Waals surface area contributed by atoms with Crippen LogP contribution in [-0.4, -0.2) is 19.2 Å². The van der Waals surface area contributed by atoms with Crippen LogP contribution in [0.5, 0.6) is 0 Å². The van der Waals surface area contributed by atoms with Crippen LogP contribution in [-0.2, 0) is 14.8 Å². The molecule has 0 aliphatic heterocycles. The zero-order valence-electron chi connectivity index (χ0n) is 13.5. The number of non-ortho nitro benzene ring substituents is 1. The number of benzene rings is 2. The molecule has 0 atom stereocenters. The van der Waals surface area contributed by atoms with Gasteiger partial charge in [0.2, 0.25) is 5.91 Å². The smallest absolute Gasteiger partial charge is 0.269 e. The highest BCUT2D eigenvalue weighted by Crippen LogP contribution is 2.30. The summed E-state index contributed by atoms with van der Waals surface area (Å²) in [5.74, 6) is -1.62. The Hall–Kier alpha value is -2.72. The number of carbonyl (C=O) groups excluding carboxylic acids is 1. The molecule has 0 saturated carbocycles. The van der Waals surface area contributed by atoms with E-state index in [2.05, 4.69) is 10.0 Å². The monoisotopic (exact) mass is 401 g/mol. The van der Waals surface area contributed by atoms with Crippen LogP contribution in [0.4, 0.5) is 21.5 Å². The second kappa shape index (κ2) is 7.26. The molecule has 2 N–H and O–H groups in total. The lowest BCUT2D eigenvalue weighted by atomic mass is 10.2. The van der Waals surface area contributed by atoms with Crippen LogP contribution in [0.1, 0.15) is 12.5 Å². The van der Waals surface area contributed by atoms with E-state index in [1.165, 1.54) is 26.0 Å². The lowest BCUT2D eigenvalue weighted by Crippen LogP contribution is -2.16. The number of sulfonamides is 1. The van der Waals surface area contributed by atoms with Crippen molar-refractivity contribution in [3.8, 4) is 0 Å². The Kier molecular flexibility index (Phi) is 5.47. The van der Waals surface area contributed by atoms with Crippen LogP contribution in [0.2, 0.25) is 5.02 Å². The van der Waals surface area contributed by atoms with Gasteiger partial charge in [-0.1, -0.05) is 11.6 Å². The predicted octanol–water partition coefficient (Wildman–Crippen LogP) is 3.45. The predicted molar refractivity (Wildman–Crippen MR) is 94.4 cm³/mol. The number of halogens is 2. The average Bonchev–Trinajstić information content (AvgIpc) is 2.51. The van der Waals surface area contributed by atoms with Gasteiger partial charge in [-0.2, -0.15) is 0 Å². The quantitative estimate of drug-likeness (QED) is 0.587. The summed E-state index contributed by atoms with van der Waals surface area (Å²) < 4.78 is 41.3. The number of hydrogen-bond acceptors (Lipinski definition) is 5. The summed E-state index contributed by atoms with van der Waals surface area (Å²) in [5.41, 5.74) is 0.0580. The van der Waals surface area contributed by atoms with Gasteiger partial charge >= 0.3 is 0 Å². The molecule has 0 spiro atoms. The van der Waals surface area contributed by atoms with Crippen molar-refractivity contribution in [3.63, 3.8) is 0 Å². The number of rotatable bonds is 5. The van der Waals surface area contributed by atoms with Gasteiger partial charge in [-0.15, -0.1) is 0 Å². The molecule has 0 aliphatic rings. The topological polar surface area (TPSA) is 118 Å². The number of nitrogens with one attached hydrogen (secondary N) is 2. The minimum atomic E-state index is -4.36. The molecule has 0 saturated heterocycles. The first-order valence-corrected chi connectivity index (χ1v) is 8.92. The fourth-order valence-electron chi connectivity index (χ4n) is 2.10. The van der Waals surface area contributed by atoms with Crippen molar-refractivity contribution in [3.05, 3.63) is 56.8 Å². The number of amides is 1. The molecule has 0 unspecified atom stereocenters. The highest BCUT2D eigenvalue weighted by molar-refractivity contribution is 7.92. The molecule has 0 bridgehead atoms. The summed E-state index contributed by atoms with van der Waals surface area (Å²) in [6.07, 6.45) is 0. The Balaban J connectivity index is 2.41. The summed E-state index contributed by atoms with van der Waals surface area (Å²) in [4.78, 5) is 20.4. The van der Waals surface area contributed by atoms with Crippen molar-refractivity contribution in [2.24, 2.45) is 0 Å². The van der Waals surface area contributed by atoms with Crippen molar-refractivity contribution in [1.82, 2.24) is 0 Å². The van der Waals surface area contributed by atoms with Crippen molar-refractivity contribution in [2.45, 2.75) is 18.7 Å². The fourth-order valence-corrected chi connectivity index (χ4v) is 3.59. The average molecular weight is 402 g/mol. The maximum atomic E-state index is 14.2. The molecule has 26 heavy (non-hydrogen) atoms. The maximum Gasteiger partial charge on any atom is 0.269 e. The van der Waals surface area contributed by atoms with E-state index in [1.807, 2.05) is 0 Å². The van der Waals surface area contributed by atoms with Crippen LogP contribution < -0.4 is 10.0 Å². The first-order valence-electron chi connectivity index (χ1n) is 7.06. The van der Waals surface area contributed by atoms with Gasteiger partial charge in [-0.05, 0) is 24.6 Å². The van der Waals surface area contributed by atoms with Gasteiger partial charge in [0.1, 0.15) is 10.7 Å². The van der Waals surface area contributed by atoms with E-state index in [9.17, 15) is 27.7 Å². The molecule has 0 heterocycles. The van der Waals surface area contributed by atoms with Crippen molar-refractivity contribution in [1.29, 1.82) is 0 Å². The second-order valence-corrected chi connectivity index (χ2v) is 7.36. The maximum absolute atomic E-state index is 14.2. The number of nitrogens with zero attached hydrogens (tertiary/aromatic N) is 1. The zero-order chi connectivity index (χ0) is 19.6. The van der Waals surface area contributed by atoms with Crippen molar-refractivity contribution >= 4 is 44.6 Å². The summed E-state index contributed by atoms with van der Waals surface area (Å²) >= 11 is 5.89. The number of aryl methyl sites for hydroxylation is 1. The van der Waals surface area contributed by atoms with Crippen molar-refractivity contribution in [2.75, 3.05) is 10.0 Å². The van der Waals surface area contributed by atoms with Gasteiger partial charge in [-0.3, -0.25) is 19.6 Å². The number of hydrogen-bond donors (Lipinski definition) is 2. The largest absolute Gasteiger partial charge is 0.325 e. The molecular weight excluding hydrogens is 389 g/mol. The third-order valence-corrected chi connectivity index (χ3v) is 4.98. The van der Waals surface area contributed by atoms with Gasteiger partial charge in [0.15, 0.2) is 0 Å². The SMILES string of the molecule is CC(=O)Nc1cc(F)c(S(=O)(=O)Nc2ccc([N+](=O)[O-])cc2C)cc1Cl. The van der Waals surface area contributed by atoms with Gasteiger partial charge in [0, 0.05) is 25.1 Å². The lowest BCUT2D eigenvalue weighted by Gasteiger charge is -2.13. The Morgan fingerprint density at radius 1 is 1.23 bits per heavy atom. The number of nitro benzene ring substituents is 1. The van der Waals surface area contributed by atoms with Gasteiger partial charge in [0.25, 0.3) is 15.7 Å². The van der Waals surface area contributed by atoms with Crippen LogP contribution in [0, 0.1) is 22.9 Å². The third-order valence-electron chi connectivity index (χ3n) is 3.29. The van der Waals surface area contributed by atoms with Crippen molar-refractivity contribution < 1.29 is 22.5 Å². The molecule has 2 aromatic rings. The Morgan fingerprint density at radius 3 is 2.42 bits per heavy atom. The third kappa shape index (κ3) is 4.27. The van der Waals surface area contributed by atoms with E-state index >= 15 is 0 Å². The molecule has 1 amide bonds. The molecular formula is C15H13ClFN3O5S. The van der Waals surface area contributed by atoms with Crippen LogP contribution in [0.15, 0.2) is 35.2 Å². The summed E-state index contributed by atoms with van der Waals surface area (Å²) in [5, 5.41) is 12.8. The molecule has 11 heteroatoms. The minimum Gasteiger partial charge on any atom is -0.325 e. The van der Waals surface area contributed by atoms with E-state index in [4.69, 9.17) is 11.6 Å². The normalized spacial score (nSPS) is 11.1. The zero-order valence-corrected chi connectivity index (χ0v) is 15.1. The van der Waals surface area contributed by atoms with E-state index in [0.717, 1.165) is 18.2 Å². The van der Waals surface area contributed by atoms with Gasteiger partial charge in [-0.25, -0.2) is 12.8 Å². The lowest BCUT2D eigenvalue weighted by molar-refractivity contribution is -0.384. The summed E-state index contributed by atoms with van der Waals surface area (Å²) in [6.45, 7) is 2.66. The highest BCUT2D eigenvalue weighted by atomic mass is 35.5. The highest BCUT2D eigenvalue weighted by Gasteiger charge is 2.23. The number of nitro groups is 1. The molecule has 0 fully saturated rings. The molecule has 0 radical (unpaired) electrons. The summed E-state index contributed by atoms with van der Waals surface area (Å²) in [6, 6.07) is 5.16.